The van der Waals surface area contributed by atoms with Crippen molar-refractivity contribution in [2.45, 2.75) is 31.0 Å². The Balaban J connectivity index is 1.82. The first kappa shape index (κ1) is 21.8. The van der Waals surface area contributed by atoms with Gasteiger partial charge >= 0.3 is 18.2 Å². The Morgan fingerprint density at radius 3 is 2.43 bits per heavy atom. The summed E-state index contributed by atoms with van der Waals surface area (Å²) in [4.78, 5) is 26.6. The van der Waals surface area contributed by atoms with Crippen LogP contribution in [0.15, 0.2) is 47.4 Å². The predicted molar refractivity (Wildman–Crippen MR) is 107 cm³/mol. The van der Waals surface area contributed by atoms with Crippen LogP contribution in [0.4, 0.5) is 29.3 Å². The van der Waals surface area contributed by atoms with E-state index in [-0.39, 0.29) is 6.61 Å². The van der Waals surface area contributed by atoms with E-state index in [4.69, 9.17) is 9.47 Å². The van der Waals surface area contributed by atoms with Crippen molar-refractivity contribution in [1.82, 2.24) is 0 Å². The van der Waals surface area contributed by atoms with Crippen molar-refractivity contribution in [3.8, 4) is 5.75 Å². The van der Waals surface area contributed by atoms with Gasteiger partial charge in [-0.05, 0) is 62.2 Å². The molecule has 6 nitrogen and oxygen atoms in total. The molecule has 10 heteroatoms. The van der Waals surface area contributed by atoms with Crippen LogP contribution in [-0.4, -0.2) is 31.8 Å². The number of benzene rings is 2. The first-order chi connectivity index (χ1) is 14.1. The van der Waals surface area contributed by atoms with Gasteiger partial charge in [-0.3, -0.25) is 4.90 Å². The van der Waals surface area contributed by atoms with Gasteiger partial charge in [0, 0.05) is 13.1 Å². The van der Waals surface area contributed by atoms with Gasteiger partial charge in [0.15, 0.2) is 6.10 Å². The van der Waals surface area contributed by atoms with Crippen molar-refractivity contribution in [3.05, 3.63) is 48.0 Å². The third kappa shape index (κ3) is 4.48. The molecule has 30 heavy (non-hydrogen) atoms. The molecule has 1 aliphatic heterocycles. The van der Waals surface area contributed by atoms with Crippen molar-refractivity contribution in [1.29, 1.82) is 0 Å². The summed E-state index contributed by atoms with van der Waals surface area (Å²) < 4.78 is 50.2. The molecule has 2 aromatic rings. The number of ether oxygens (including phenoxy) is 2. The minimum absolute atomic E-state index is 0.240. The normalized spacial score (nSPS) is 14.9. The van der Waals surface area contributed by atoms with Gasteiger partial charge in [-0.25, -0.2) is 13.9 Å². The molecule has 0 aliphatic carbocycles. The molecule has 0 aromatic heterocycles. The molecule has 0 N–H and O–H groups in total. The fraction of sp³-hybridized carbons (Fsp3) is 0.300. The van der Waals surface area contributed by atoms with E-state index in [0.29, 0.717) is 22.0 Å². The van der Waals surface area contributed by atoms with Gasteiger partial charge in [-0.2, -0.15) is 13.2 Å². The Hall–Kier alpha value is -2.88. The van der Waals surface area contributed by atoms with Gasteiger partial charge in [0.25, 0.3) is 0 Å². The van der Waals surface area contributed by atoms with Crippen molar-refractivity contribution in [2.24, 2.45) is 0 Å². The van der Waals surface area contributed by atoms with Crippen LogP contribution in [0, 0.1) is 0 Å². The highest BCUT2D eigenvalue weighted by molar-refractivity contribution is 8.01. The smallest absolute Gasteiger partial charge is 0.416 e. The topological polar surface area (TPSA) is 59.1 Å². The first-order valence-corrected chi connectivity index (χ1v) is 9.79. The molecule has 1 aliphatic rings. The Morgan fingerprint density at radius 1 is 1.17 bits per heavy atom. The standard InChI is InChI=1S/C20H19F3N2O4S/c1-4-28-18(26)12(2)29-15-9-10-17-16(11-15)24(3)19(27)25(30-17)14-7-5-13(6-8-14)20(21,22)23/h5-12H,4H2,1-3H3/t12-/m1/s1. The van der Waals surface area contributed by atoms with Crippen LogP contribution < -0.4 is 13.9 Å². The summed E-state index contributed by atoms with van der Waals surface area (Å²) in [7, 11) is 1.55. The van der Waals surface area contributed by atoms with Crippen LogP contribution >= 0.6 is 11.9 Å². The van der Waals surface area contributed by atoms with Gasteiger partial charge in [-0.1, -0.05) is 0 Å². The number of urea groups is 1. The summed E-state index contributed by atoms with van der Waals surface area (Å²) in [6.07, 6.45) is -5.26. The monoisotopic (exact) mass is 440 g/mol. The van der Waals surface area contributed by atoms with Crippen molar-refractivity contribution in [3.63, 3.8) is 0 Å². The lowest BCUT2D eigenvalue weighted by Crippen LogP contribution is -2.40. The van der Waals surface area contributed by atoms with E-state index in [0.717, 1.165) is 24.1 Å². The summed E-state index contributed by atoms with van der Waals surface area (Å²) in [6.45, 7) is 3.50. The lowest BCUT2D eigenvalue weighted by atomic mass is 10.2. The van der Waals surface area contributed by atoms with Gasteiger partial charge in [0.2, 0.25) is 0 Å². The number of rotatable bonds is 5. The zero-order valence-corrected chi connectivity index (χ0v) is 17.2. The van der Waals surface area contributed by atoms with E-state index >= 15 is 0 Å². The molecule has 1 heterocycles. The third-order valence-electron chi connectivity index (χ3n) is 4.30. The molecule has 160 valence electrons. The molecule has 1 atom stereocenters. The first-order valence-electron chi connectivity index (χ1n) is 9.02. The molecule has 0 radical (unpaired) electrons. The number of alkyl halides is 3. The van der Waals surface area contributed by atoms with Gasteiger partial charge in [0.05, 0.1) is 28.4 Å². The third-order valence-corrected chi connectivity index (χ3v) is 5.39. The van der Waals surface area contributed by atoms with Crippen LogP contribution in [0.5, 0.6) is 5.75 Å². The van der Waals surface area contributed by atoms with Crippen LogP contribution in [-0.2, 0) is 15.7 Å². The fourth-order valence-electron chi connectivity index (χ4n) is 2.75. The van der Waals surface area contributed by atoms with E-state index < -0.39 is 29.8 Å². The average molecular weight is 440 g/mol. The summed E-state index contributed by atoms with van der Waals surface area (Å²) in [5, 5.41) is 0. The van der Waals surface area contributed by atoms with Gasteiger partial charge in [-0.15, -0.1) is 0 Å². The molecule has 0 saturated carbocycles. The predicted octanol–water partition coefficient (Wildman–Crippen LogP) is 5.12. The quantitative estimate of drug-likeness (QED) is 0.477. The number of nitrogens with zero attached hydrogens (tertiary/aromatic N) is 2. The fourth-order valence-corrected chi connectivity index (χ4v) is 3.79. The van der Waals surface area contributed by atoms with Gasteiger partial charge < -0.3 is 9.47 Å². The number of esters is 1. The minimum atomic E-state index is -4.45. The summed E-state index contributed by atoms with van der Waals surface area (Å²) >= 11 is 1.09. The Bertz CT molecular complexity index is 950. The largest absolute Gasteiger partial charge is 0.479 e. The SMILES string of the molecule is CCOC(=O)[C@@H](C)Oc1ccc2c(c1)N(C)C(=O)N(c1ccc(C(F)(F)F)cc1)S2. The molecule has 3 rings (SSSR count). The molecule has 2 amide bonds. The summed E-state index contributed by atoms with van der Waals surface area (Å²) in [5.41, 5.74) is 0.0976. The minimum Gasteiger partial charge on any atom is -0.479 e. The van der Waals surface area contributed by atoms with E-state index in [1.54, 1.807) is 39.1 Å². The second-order valence-electron chi connectivity index (χ2n) is 6.41. The number of fused-ring (bicyclic) bond motifs is 1. The molecule has 0 bridgehead atoms. The lowest BCUT2D eigenvalue weighted by Gasteiger charge is -2.34. The van der Waals surface area contributed by atoms with E-state index in [9.17, 15) is 22.8 Å². The molecule has 0 unspecified atom stereocenters. The lowest BCUT2D eigenvalue weighted by molar-refractivity contribution is -0.150. The van der Waals surface area contributed by atoms with Crippen LogP contribution in [0.3, 0.4) is 0 Å². The number of hydrogen-bond donors (Lipinski definition) is 0. The molecule has 2 aromatic carbocycles. The maximum Gasteiger partial charge on any atom is 0.416 e. The number of hydrogen-bond acceptors (Lipinski definition) is 5. The molecule has 0 saturated heterocycles. The maximum absolute atomic E-state index is 12.8. The summed E-state index contributed by atoms with van der Waals surface area (Å²) in [6, 6.07) is 8.95. The highest BCUT2D eigenvalue weighted by Gasteiger charge is 2.33. The highest BCUT2D eigenvalue weighted by atomic mass is 32.2. The number of halogens is 3. The average Bonchev–Trinajstić information content (AvgIpc) is 2.70. The number of carbonyl (C=O) groups is 2. The van der Waals surface area contributed by atoms with Gasteiger partial charge in [0.1, 0.15) is 5.75 Å². The summed E-state index contributed by atoms with van der Waals surface area (Å²) in [5.74, 6) is -0.111. The zero-order chi connectivity index (χ0) is 22.1. The van der Waals surface area contributed by atoms with E-state index in [1.165, 1.54) is 21.3 Å². The molecule has 0 spiro atoms. The van der Waals surface area contributed by atoms with E-state index in [1.807, 2.05) is 0 Å². The molecule has 0 fully saturated rings. The molecular formula is C20H19F3N2O4S. The van der Waals surface area contributed by atoms with E-state index in [2.05, 4.69) is 0 Å². The number of anilines is 2. The van der Waals surface area contributed by atoms with Crippen LogP contribution in [0.1, 0.15) is 19.4 Å². The van der Waals surface area contributed by atoms with Crippen molar-refractivity contribution in [2.75, 3.05) is 22.9 Å². The van der Waals surface area contributed by atoms with Crippen LogP contribution in [0.2, 0.25) is 0 Å². The number of amides is 2. The molecular weight excluding hydrogens is 421 g/mol. The van der Waals surface area contributed by atoms with Crippen LogP contribution in [0.25, 0.3) is 0 Å². The number of carbonyl (C=O) groups excluding carboxylic acids is 2. The zero-order valence-electron chi connectivity index (χ0n) is 16.4. The van der Waals surface area contributed by atoms with Crippen molar-refractivity contribution < 1.29 is 32.2 Å². The Kier molecular flexibility index (Phi) is 6.16. The Morgan fingerprint density at radius 2 is 1.83 bits per heavy atom. The highest BCUT2D eigenvalue weighted by Crippen LogP contribution is 2.43. The second kappa shape index (κ2) is 8.47. The Labute approximate surface area is 175 Å². The second-order valence-corrected chi connectivity index (χ2v) is 7.40. The van der Waals surface area contributed by atoms with Crippen molar-refractivity contribution >= 4 is 35.3 Å². The maximum atomic E-state index is 12.8.